The van der Waals surface area contributed by atoms with Crippen LogP contribution in [0.1, 0.15) is 48.2 Å². The molecule has 7 heteroatoms. The van der Waals surface area contributed by atoms with Gasteiger partial charge in [0.2, 0.25) is 0 Å². The zero-order valence-electron chi connectivity index (χ0n) is 12.6. The maximum atomic E-state index is 12.3. The monoisotopic (exact) mass is 294 g/mol. The van der Waals surface area contributed by atoms with E-state index in [9.17, 15) is 14.7 Å². The number of aromatic amines is 1. The van der Waals surface area contributed by atoms with Gasteiger partial charge in [0.1, 0.15) is 5.69 Å². The van der Waals surface area contributed by atoms with E-state index in [1.165, 1.54) is 11.2 Å². The van der Waals surface area contributed by atoms with Gasteiger partial charge in [-0.25, -0.2) is 4.98 Å². The van der Waals surface area contributed by atoms with Crippen LogP contribution in [0.15, 0.2) is 6.33 Å². The Hall–Kier alpha value is -1.89. The first-order valence-electron chi connectivity index (χ1n) is 7.07. The van der Waals surface area contributed by atoms with Crippen molar-refractivity contribution in [3.05, 3.63) is 17.7 Å². The average Bonchev–Trinajstić information content (AvgIpc) is 3.02. The third-order valence-corrected chi connectivity index (χ3v) is 3.30. The molecule has 0 saturated carbocycles. The number of amides is 2. The van der Waals surface area contributed by atoms with E-state index in [-0.39, 0.29) is 28.6 Å². The van der Waals surface area contributed by atoms with E-state index >= 15 is 0 Å². The number of imidazole rings is 1. The fourth-order valence-corrected chi connectivity index (χ4v) is 2.14. The smallest absolute Gasteiger partial charge is 0.272 e. The van der Waals surface area contributed by atoms with Crippen molar-refractivity contribution >= 4 is 11.8 Å². The molecule has 2 rings (SSSR count). The molecule has 0 bridgehead atoms. The predicted octanol–water partition coefficient (Wildman–Crippen LogP) is 0.392. The lowest BCUT2D eigenvalue weighted by Gasteiger charge is -2.19. The molecule has 1 aliphatic heterocycles. The maximum Gasteiger partial charge on any atom is 0.272 e. The van der Waals surface area contributed by atoms with Gasteiger partial charge in [0, 0.05) is 19.6 Å². The number of aliphatic hydroxyl groups excluding tert-OH is 1. The van der Waals surface area contributed by atoms with Gasteiger partial charge >= 0.3 is 0 Å². The summed E-state index contributed by atoms with van der Waals surface area (Å²) in [7, 11) is 0. The second-order valence-electron chi connectivity index (χ2n) is 6.56. The third kappa shape index (κ3) is 3.81. The van der Waals surface area contributed by atoms with Crippen molar-refractivity contribution in [3.63, 3.8) is 0 Å². The molecular weight excluding hydrogens is 272 g/mol. The first-order valence-corrected chi connectivity index (χ1v) is 7.07. The number of carbonyl (C=O) groups excluding carboxylic acids is 2. The number of hydrogen-bond acceptors (Lipinski definition) is 4. The lowest BCUT2D eigenvalue weighted by atomic mass is 9.97. The van der Waals surface area contributed by atoms with Crippen molar-refractivity contribution in [2.75, 3.05) is 19.6 Å². The Bertz CT molecular complexity index is 533. The standard InChI is InChI=1S/C14H22N4O3/c1-14(2,3)7-15-12(20)10-11(17-8-16-10)13(21)18-5-4-9(19)6-18/h8-9,19H,4-7H2,1-3H3,(H,15,20)(H,16,17)/t9-/m0/s1. The Balaban J connectivity index is 2.07. The van der Waals surface area contributed by atoms with Gasteiger partial charge in [-0.3, -0.25) is 9.59 Å². The van der Waals surface area contributed by atoms with Gasteiger partial charge in [0.05, 0.1) is 12.4 Å². The molecule has 1 aliphatic rings. The second kappa shape index (κ2) is 5.85. The Kier molecular flexibility index (Phi) is 4.32. The number of rotatable bonds is 3. The molecule has 0 aliphatic carbocycles. The molecular formula is C14H22N4O3. The summed E-state index contributed by atoms with van der Waals surface area (Å²) in [5.41, 5.74) is 0.232. The van der Waals surface area contributed by atoms with Gasteiger partial charge in [-0.2, -0.15) is 0 Å². The largest absolute Gasteiger partial charge is 0.391 e. The second-order valence-corrected chi connectivity index (χ2v) is 6.56. The Morgan fingerprint density at radius 2 is 2.24 bits per heavy atom. The van der Waals surface area contributed by atoms with Crippen molar-refractivity contribution in [3.8, 4) is 0 Å². The van der Waals surface area contributed by atoms with Crippen LogP contribution < -0.4 is 5.32 Å². The summed E-state index contributed by atoms with van der Waals surface area (Å²) in [4.78, 5) is 32.7. The van der Waals surface area contributed by atoms with Crippen LogP contribution in [0.25, 0.3) is 0 Å². The van der Waals surface area contributed by atoms with Gasteiger partial charge in [-0.1, -0.05) is 20.8 Å². The van der Waals surface area contributed by atoms with Gasteiger partial charge < -0.3 is 20.3 Å². The van der Waals surface area contributed by atoms with Gasteiger partial charge in [-0.05, 0) is 11.8 Å². The third-order valence-electron chi connectivity index (χ3n) is 3.30. The molecule has 21 heavy (non-hydrogen) atoms. The molecule has 1 saturated heterocycles. The number of hydrogen-bond donors (Lipinski definition) is 3. The number of carbonyl (C=O) groups is 2. The van der Waals surface area contributed by atoms with E-state index in [1.807, 2.05) is 20.8 Å². The van der Waals surface area contributed by atoms with Crippen LogP contribution in [-0.2, 0) is 0 Å². The van der Waals surface area contributed by atoms with Crippen molar-refractivity contribution < 1.29 is 14.7 Å². The highest BCUT2D eigenvalue weighted by Gasteiger charge is 2.29. The molecule has 0 aromatic carbocycles. The molecule has 0 spiro atoms. The lowest BCUT2D eigenvalue weighted by molar-refractivity contribution is 0.0752. The molecule has 0 unspecified atom stereocenters. The highest BCUT2D eigenvalue weighted by molar-refractivity contribution is 6.04. The quantitative estimate of drug-likeness (QED) is 0.751. The fraction of sp³-hybridized carbons (Fsp3) is 0.643. The molecule has 1 aromatic rings. The zero-order chi connectivity index (χ0) is 15.6. The minimum Gasteiger partial charge on any atom is -0.391 e. The molecule has 1 fully saturated rings. The summed E-state index contributed by atoms with van der Waals surface area (Å²) < 4.78 is 0. The lowest BCUT2D eigenvalue weighted by Crippen LogP contribution is -2.35. The van der Waals surface area contributed by atoms with E-state index in [0.717, 1.165) is 0 Å². The number of nitrogens with one attached hydrogen (secondary N) is 2. The Labute approximate surface area is 123 Å². The summed E-state index contributed by atoms with van der Waals surface area (Å²) in [5.74, 6) is -0.667. The summed E-state index contributed by atoms with van der Waals surface area (Å²) >= 11 is 0. The molecule has 0 radical (unpaired) electrons. The predicted molar refractivity (Wildman–Crippen MR) is 76.9 cm³/mol. The first-order chi connectivity index (χ1) is 9.78. The minimum atomic E-state index is -0.491. The van der Waals surface area contributed by atoms with E-state index in [4.69, 9.17) is 0 Å². The molecule has 3 N–H and O–H groups in total. The van der Waals surface area contributed by atoms with Crippen LogP contribution in [0.3, 0.4) is 0 Å². The summed E-state index contributed by atoms with van der Waals surface area (Å²) in [5, 5.41) is 12.3. The minimum absolute atomic E-state index is 0.0464. The van der Waals surface area contributed by atoms with Crippen LogP contribution >= 0.6 is 0 Å². The first kappa shape index (κ1) is 15.5. The van der Waals surface area contributed by atoms with E-state index in [0.29, 0.717) is 26.1 Å². The summed E-state index contributed by atoms with van der Waals surface area (Å²) in [6, 6.07) is 0. The van der Waals surface area contributed by atoms with Crippen LogP contribution in [0.5, 0.6) is 0 Å². The molecule has 2 amide bonds. The van der Waals surface area contributed by atoms with Gasteiger partial charge in [0.15, 0.2) is 5.69 Å². The Morgan fingerprint density at radius 1 is 1.52 bits per heavy atom. The van der Waals surface area contributed by atoms with E-state index < -0.39 is 6.10 Å². The number of aliphatic hydroxyl groups is 1. The maximum absolute atomic E-state index is 12.3. The molecule has 116 valence electrons. The molecule has 1 atom stereocenters. The Morgan fingerprint density at radius 3 is 2.81 bits per heavy atom. The highest BCUT2D eigenvalue weighted by Crippen LogP contribution is 2.15. The van der Waals surface area contributed by atoms with Crippen molar-refractivity contribution in [2.45, 2.75) is 33.3 Å². The van der Waals surface area contributed by atoms with Crippen LogP contribution in [-0.4, -0.2) is 57.5 Å². The van der Waals surface area contributed by atoms with E-state index in [2.05, 4.69) is 15.3 Å². The zero-order valence-corrected chi connectivity index (χ0v) is 12.6. The average molecular weight is 294 g/mol. The van der Waals surface area contributed by atoms with Crippen molar-refractivity contribution in [1.82, 2.24) is 20.2 Å². The van der Waals surface area contributed by atoms with Gasteiger partial charge in [0.25, 0.3) is 11.8 Å². The number of β-amino-alcohol motifs (C(OH)–C–C–N with tert-alkyl or cyclic N) is 1. The van der Waals surface area contributed by atoms with Crippen LogP contribution in [0.4, 0.5) is 0 Å². The summed E-state index contributed by atoms with van der Waals surface area (Å²) in [6.07, 6.45) is 1.41. The number of likely N-dealkylation sites (tertiary alicyclic amines) is 1. The summed E-state index contributed by atoms with van der Waals surface area (Å²) in [6.45, 7) is 7.30. The molecule has 2 heterocycles. The van der Waals surface area contributed by atoms with Crippen LogP contribution in [0.2, 0.25) is 0 Å². The van der Waals surface area contributed by atoms with Crippen LogP contribution in [0, 0.1) is 5.41 Å². The molecule has 1 aromatic heterocycles. The number of H-pyrrole nitrogens is 1. The number of aromatic nitrogens is 2. The number of nitrogens with zero attached hydrogens (tertiary/aromatic N) is 2. The van der Waals surface area contributed by atoms with Crippen molar-refractivity contribution in [1.29, 1.82) is 0 Å². The van der Waals surface area contributed by atoms with E-state index in [1.54, 1.807) is 0 Å². The highest BCUT2D eigenvalue weighted by atomic mass is 16.3. The van der Waals surface area contributed by atoms with Crippen molar-refractivity contribution in [2.24, 2.45) is 5.41 Å². The molecule has 7 nitrogen and oxygen atoms in total. The van der Waals surface area contributed by atoms with Gasteiger partial charge in [-0.15, -0.1) is 0 Å². The normalized spacial score (nSPS) is 18.9. The fourth-order valence-electron chi connectivity index (χ4n) is 2.14. The topological polar surface area (TPSA) is 98.3 Å². The SMILES string of the molecule is CC(C)(C)CNC(=O)c1nc[nH]c1C(=O)N1CC[C@H](O)C1.